The highest BCUT2D eigenvalue weighted by molar-refractivity contribution is 4.85. The van der Waals surface area contributed by atoms with Gasteiger partial charge in [0.05, 0.1) is 13.2 Å². The molecule has 2 unspecified atom stereocenters. The van der Waals surface area contributed by atoms with E-state index in [1.807, 2.05) is 0 Å². The Morgan fingerprint density at radius 1 is 1.47 bits per heavy atom. The molecule has 2 atom stereocenters. The number of aromatic nitrogens is 4. The lowest BCUT2D eigenvalue weighted by Gasteiger charge is -2.24. The second kappa shape index (κ2) is 7.55. The molecule has 1 aliphatic heterocycles. The maximum Gasteiger partial charge on any atom is 0.176 e. The van der Waals surface area contributed by atoms with Gasteiger partial charge in [-0.3, -0.25) is 0 Å². The van der Waals surface area contributed by atoms with Gasteiger partial charge >= 0.3 is 0 Å². The van der Waals surface area contributed by atoms with Crippen LogP contribution in [0.2, 0.25) is 0 Å². The molecule has 19 heavy (non-hydrogen) atoms. The molecule has 2 rings (SSSR count). The number of hydrogen-bond acceptors (Lipinski definition) is 5. The molecule has 0 spiro atoms. The number of tetrazole rings is 1. The number of ether oxygens (including phenoxy) is 1. The second-order valence-corrected chi connectivity index (χ2v) is 5.22. The van der Waals surface area contributed by atoms with Crippen LogP contribution in [0.15, 0.2) is 0 Å². The molecular weight excluding hydrogens is 242 g/mol. The van der Waals surface area contributed by atoms with E-state index < -0.39 is 0 Å². The third-order valence-electron chi connectivity index (χ3n) is 3.58. The van der Waals surface area contributed by atoms with Gasteiger partial charge in [0.1, 0.15) is 0 Å². The van der Waals surface area contributed by atoms with Gasteiger partial charge in [0.2, 0.25) is 0 Å². The highest BCUT2D eigenvalue weighted by Gasteiger charge is 2.17. The Morgan fingerprint density at radius 3 is 3.00 bits per heavy atom. The summed E-state index contributed by atoms with van der Waals surface area (Å²) < 4.78 is 5.79. The smallest absolute Gasteiger partial charge is 0.176 e. The number of hydrogen-bond donors (Lipinski definition) is 1. The topological polar surface area (TPSA) is 64.9 Å². The number of likely N-dealkylation sites (N-methyl/N-ethyl adjacent to an activating group) is 1. The molecule has 1 saturated heterocycles. The average Bonchev–Trinajstić information content (AvgIpc) is 2.83. The molecule has 6 nitrogen and oxygen atoms in total. The highest BCUT2D eigenvalue weighted by Crippen LogP contribution is 2.18. The first kappa shape index (κ1) is 14.4. The molecule has 1 fully saturated rings. The number of aryl methyl sites for hydroxylation is 1. The molecular formula is C13H25N5O. The second-order valence-electron chi connectivity index (χ2n) is 5.22. The van der Waals surface area contributed by atoms with Crippen molar-refractivity contribution < 1.29 is 4.74 Å². The van der Waals surface area contributed by atoms with Gasteiger partial charge in [-0.05, 0) is 43.9 Å². The first-order valence-corrected chi connectivity index (χ1v) is 7.35. The first-order valence-electron chi connectivity index (χ1n) is 7.35. The van der Waals surface area contributed by atoms with Gasteiger partial charge in [-0.15, -0.1) is 10.2 Å². The molecule has 6 heteroatoms. The zero-order valence-electron chi connectivity index (χ0n) is 12.0. The lowest BCUT2D eigenvalue weighted by atomic mass is 10.00. The molecule has 2 heterocycles. The van der Waals surface area contributed by atoms with Crippen molar-refractivity contribution in [1.82, 2.24) is 25.5 Å². The van der Waals surface area contributed by atoms with Gasteiger partial charge in [0.25, 0.3) is 0 Å². The van der Waals surface area contributed by atoms with Crippen LogP contribution >= 0.6 is 0 Å². The van der Waals surface area contributed by atoms with Crippen LogP contribution in [-0.2, 0) is 18.2 Å². The van der Waals surface area contributed by atoms with Gasteiger partial charge in [-0.1, -0.05) is 6.92 Å². The predicted molar refractivity (Wildman–Crippen MR) is 72.8 cm³/mol. The standard InChI is InChI=1S/C13H25N5O/c1-3-14-11(10-13-15-17-18(2)16-13)7-8-12-6-4-5-9-19-12/h11-12,14H,3-10H2,1-2H3. The Bertz CT molecular complexity index is 362. The molecule has 0 aromatic carbocycles. The monoisotopic (exact) mass is 267 g/mol. The molecule has 0 radical (unpaired) electrons. The fraction of sp³-hybridized carbons (Fsp3) is 0.923. The molecule has 1 aromatic heterocycles. The Labute approximate surface area is 114 Å². The van der Waals surface area contributed by atoms with Crippen LogP contribution in [0.1, 0.15) is 44.9 Å². The molecule has 1 aliphatic rings. The fourth-order valence-electron chi connectivity index (χ4n) is 2.61. The van der Waals surface area contributed by atoms with Crippen molar-refractivity contribution >= 4 is 0 Å². The number of nitrogens with zero attached hydrogens (tertiary/aromatic N) is 4. The molecule has 1 aromatic rings. The maximum atomic E-state index is 5.79. The van der Waals surface area contributed by atoms with Crippen molar-refractivity contribution in [2.24, 2.45) is 7.05 Å². The molecule has 0 amide bonds. The molecule has 108 valence electrons. The van der Waals surface area contributed by atoms with E-state index in [9.17, 15) is 0 Å². The van der Waals surface area contributed by atoms with Crippen molar-refractivity contribution in [2.45, 2.75) is 57.6 Å². The summed E-state index contributed by atoms with van der Waals surface area (Å²) in [5.41, 5.74) is 0. The van der Waals surface area contributed by atoms with Crippen LogP contribution in [-0.4, -0.2) is 45.5 Å². The van der Waals surface area contributed by atoms with Crippen molar-refractivity contribution in [1.29, 1.82) is 0 Å². The summed E-state index contributed by atoms with van der Waals surface area (Å²) >= 11 is 0. The number of nitrogens with one attached hydrogen (secondary N) is 1. The zero-order valence-corrected chi connectivity index (χ0v) is 12.0. The lowest BCUT2D eigenvalue weighted by Crippen LogP contribution is -2.33. The maximum absolute atomic E-state index is 5.79. The lowest BCUT2D eigenvalue weighted by molar-refractivity contribution is 0.00857. The zero-order chi connectivity index (χ0) is 13.5. The SMILES string of the molecule is CCNC(CCC1CCCCO1)Cc1nnn(C)n1. The largest absolute Gasteiger partial charge is 0.378 e. The van der Waals surface area contributed by atoms with E-state index in [2.05, 4.69) is 27.7 Å². The molecule has 1 N–H and O–H groups in total. The van der Waals surface area contributed by atoms with Gasteiger partial charge in [-0.2, -0.15) is 4.80 Å². The van der Waals surface area contributed by atoms with Gasteiger partial charge in [-0.25, -0.2) is 0 Å². The quantitative estimate of drug-likeness (QED) is 0.801. The summed E-state index contributed by atoms with van der Waals surface area (Å²) in [6.45, 7) is 4.03. The van der Waals surface area contributed by atoms with Crippen LogP contribution in [0, 0.1) is 0 Å². The van der Waals surface area contributed by atoms with Crippen LogP contribution in [0.4, 0.5) is 0 Å². The minimum absolute atomic E-state index is 0.416. The summed E-state index contributed by atoms with van der Waals surface area (Å²) in [4.78, 5) is 1.52. The fourth-order valence-corrected chi connectivity index (χ4v) is 2.61. The minimum Gasteiger partial charge on any atom is -0.378 e. The van der Waals surface area contributed by atoms with Crippen molar-refractivity contribution in [3.63, 3.8) is 0 Å². The summed E-state index contributed by atoms with van der Waals surface area (Å²) in [7, 11) is 1.80. The first-order chi connectivity index (χ1) is 9.28. The number of rotatable bonds is 7. The summed E-state index contributed by atoms with van der Waals surface area (Å²) in [6.07, 6.45) is 7.26. The van der Waals surface area contributed by atoms with Crippen molar-refractivity contribution in [2.75, 3.05) is 13.2 Å². The van der Waals surface area contributed by atoms with Gasteiger partial charge in [0.15, 0.2) is 5.82 Å². The summed E-state index contributed by atoms with van der Waals surface area (Å²) in [5.74, 6) is 0.818. The third kappa shape index (κ3) is 4.87. The van der Waals surface area contributed by atoms with Crippen molar-refractivity contribution in [3.8, 4) is 0 Å². The highest BCUT2D eigenvalue weighted by atomic mass is 16.5. The van der Waals surface area contributed by atoms with E-state index in [4.69, 9.17) is 4.74 Å². The van der Waals surface area contributed by atoms with Crippen LogP contribution < -0.4 is 5.32 Å². The van der Waals surface area contributed by atoms with Gasteiger partial charge in [0, 0.05) is 19.1 Å². The molecule has 0 aliphatic carbocycles. The summed E-state index contributed by atoms with van der Waals surface area (Å²) in [6, 6.07) is 0.416. The van der Waals surface area contributed by atoms with E-state index in [1.54, 1.807) is 7.05 Å². The Kier molecular flexibility index (Phi) is 5.72. The van der Waals surface area contributed by atoms with Crippen molar-refractivity contribution in [3.05, 3.63) is 5.82 Å². The summed E-state index contributed by atoms with van der Waals surface area (Å²) in [5, 5.41) is 15.7. The van der Waals surface area contributed by atoms with Crippen LogP contribution in [0.5, 0.6) is 0 Å². The normalized spacial score (nSPS) is 21.5. The van der Waals surface area contributed by atoms with Crippen LogP contribution in [0.3, 0.4) is 0 Å². The Hall–Kier alpha value is -1.01. The van der Waals surface area contributed by atoms with E-state index >= 15 is 0 Å². The van der Waals surface area contributed by atoms with E-state index in [0.717, 1.165) is 38.2 Å². The Balaban J connectivity index is 1.78. The van der Waals surface area contributed by atoms with Crippen LogP contribution in [0.25, 0.3) is 0 Å². The van der Waals surface area contributed by atoms with Gasteiger partial charge < -0.3 is 10.1 Å². The molecule has 0 saturated carbocycles. The predicted octanol–water partition coefficient (Wildman–Crippen LogP) is 1.08. The van der Waals surface area contributed by atoms with E-state index in [1.165, 1.54) is 24.1 Å². The van der Waals surface area contributed by atoms with E-state index in [-0.39, 0.29) is 0 Å². The molecule has 0 bridgehead atoms. The minimum atomic E-state index is 0.416. The average molecular weight is 267 g/mol. The Morgan fingerprint density at radius 2 is 2.37 bits per heavy atom. The van der Waals surface area contributed by atoms with E-state index in [0.29, 0.717) is 12.1 Å². The third-order valence-corrected chi connectivity index (χ3v) is 3.58.